The topological polar surface area (TPSA) is 23.6 Å². The van der Waals surface area contributed by atoms with Crippen LogP contribution in [0.2, 0.25) is 0 Å². The van der Waals surface area contributed by atoms with Crippen LogP contribution in [0.25, 0.3) is 0 Å². The molecule has 0 unspecified atom stereocenters. The van der Waals surface area contributed by atoms with E-state index in [0.717, 1.165) is 25.9 Å². The SMILES string of the molecule is CN(CC(=O)N1CCCC1)Cc1c(F)ccc(Br)c1F. The van der Waals surface area contributed by atoms with Crippen molar-refractivity contribution in [1.29, 1.82) is 0 Å². The Labute approximate surface area is 125 Å². The van der Waals surface area contributed by atoms with Gasteiger partial charge in [-0.15, -0.1) is 0 Å². The highest BCUT2D eigenvalue weighted by molar-refractivity contribution is 9.10. The molecule has 1 aromatic rings. The molecule has 1 amide bonds. The van der Waals surface area contributed by atoms with Crippen molar-refractivity contribution >= 4 is 21.8 Å². The monoisotopic (exact) mass is 346 g/mol. The number of amides is 1. The number of carbonyl (C=O) groups is 1. The van der Waals surface area contributed by atoms with Gasteiger partial charge in [0.2, 0.25) is 5.91 Å². The predicted molar refractivity (Wildman–Crippen MR) is 76.2 cm³/mol. The third kappa shape index (κ3) is 3.55. The van der Waals surface area contributed by atoms with Crippen molar-refractivity contribution in [2.75, 3.05) is 26.7 Å². The van der Waals surface area contributed by atoms with Gasteiger partial charge in [-0.1, -0.05) is 0 Å². The highest BCUT2D eigenvalue weighted by Gasteiger charge is 2.20. The van der Waals surface area contributed by atoms with Crippen LogP contribution < -0.4 is 0 Å². The first-order valence-corrected chi connectivity index (χ1v) is 7.37. The van der Waals surface area contributed by atoms with E-state index in [1.165, 1.54) is 12.1 Å². The maximum atomic E-state index is 13.9. The van der Waals surface area contributed by atoms with Gasteiger partial charge in [-0.3, -0.25) is 9.69 Å². The predicted octanol–water partition coefficient (Wildman–Crippen LogP) is 2.78. The molecule has 6 heteroatoms. The highest BCUT2D eigenvalue weighted by Crippen LogP contribution is 2.22. The summed E-state index contributed by atoms with van der Waals surface area (Å²) in [6.07, 6.45) is 2.06. The Balaban J connectivity index is 1.99. The Bertz CT molecular complexity index is 504. The van der Waals surface area contributed by atoms with E-state index in [4.69, 9.17) is 0 Å². The molecular weight excluding hydrogens is 330 g/mol. The number of hydrogen-bond donors (Lipinski definition) is 0. The Kier molecular flexibility index (Phi) is 5.10. The molecule has 20 heavy (non-hydrogen) atoms. The van der Waals surface area contributed by atoms with Crippen LogP contribution in [-0.4, -0.2) is 42.4 Å². The van der Waals surface area contributed by atoms with Crippen LogP contribution in [0.4, 0.5) is 8.78 Å². The fourth-order valence-electron chi connectivity index (χ4n) is 2.34. The summed E-state index contributed by atoms with van der Waals surface area (Å²) < 4.78 is 27.7. The Morgan fingerprint density at radius 3 is 2.65 bits per heavy atom. The van der Waals surface area contributed by atoms with E-state index in [1.54, 1.807) is 16.8 Å². The van der Waals surface area contributed by atoms with E-state index >= 15 is 0 Å². The van der Waals surface area contributed by atoms with E-state index < -0.39 is 11.6 Å². The third-order valence-corrected chi connectivity index (χ3v) is 4.04. The van der Waals surface area contributed by atoms with Crippen molar-refractivity contribution in [3.63, 3.8) is 0 Å². The van der Waals surface area contributed by atoms with Crippen molar-refractivity contribution in [3.8, 4) is 0 Å². The number of nitrogens with zero attached hydrogens (tertiary/aromatic N) is 2. The zero-order valence-corrected chi connectivity index (χ0v) is 12.9. The molecule has 1 saturated heterocycles. The van der Waals surface area contributed by atoms with E-state index in [1.807, 2.05) is 0 Å². The average Bonchev–Trinajstić information content (AvgIpc) is 2.93. The van der Waals surface area contributed by atoms with Gasteiger partial charge in [0, 0.05) is 25.2 Å². The van der Waals surface area contributed by atoms with Crippen LogP contribution in [0.5, 0.6) is 0 Å². The number of halogens is 3. The molecule has 0 N–H and O–H groups in total. The van der Waals surface area contributed by atoms with E-state index in [-0.39, 0.29) is 29.0 Å². The van der Waals surface area contributed by atoms with Crippen molar-refractivity contribution in [1.82, 2.24) is 9.80 Å². The lowest BCUT2D eigenvalue weighted by Crippen LogP contribution is -2.37. The minimum Gasteiger partial charge on any atom is -0.342 e. The van der Waals surface area contributed by atoms with Crippen molar-refractivity contribution < 1.29 is 13.6 Å². The van der Waals surface area contributed by atoms with E-state index in [0.29, 0.717) is 0 Å². The largest absolute Gasteiger partial charge is 0.342 e. The summed E-state index contributed by atoms with van der Waals surface area (Å²) >= 11 is 3.04. The number of carbonyl (C=O) groups excluding carboxylic acids is 1. The lowest BCUT2D eigenvalue weighted by atomic mass is 10.2. The van der Waals surface area contributed by atoms with Gasteiger partial charge < -0.3 is 4.90 Å². The first kappa shape index (κ1) is 15.4. The molecule has 0 atom stereocenters. The molecule has 0 aromatic heterocycles. The van der Waals surface area contributed by atoms with Crippen molar-refractivity contribution in [2.45, 2.75) is 19.4 Å². The first-order valence-electron chi connectivity index (χ1n) is 6.57. The van der Waals surface area contributed by atoms with Gasteiger partial charge in [0.25, 0.3) is 0 Å². The second kappa shape index (κ2) is 6.63. The molecule has 1 heterocycles. The number of benzene rings is 1. The van der Waals surface area contributed by atoms with Crippen LogP contribution in [0.3, 0.4) is 0 Å². The lowest BCUT2D eigenvalue weighted by Gasteiger charge is -2.21. The summed E-state index contributed by atoms with van der Waals surface area (Å²) in [7, 11) is 1.69. The Hall–Kier alpha value is -1.01. The van der Waals surface area contributed by atoms with Crippen LogP contribution in [0, 0.1) is 11.6 Å². The molecule has 1 fully saturated rings. The molecule has 1 aromatic carbocycles. The fourth-order valence-corrected chi connectivity index (χ4v) is 2.71. The maximum Gasteiger partial charge on any atom is 0.236 e. The molecule has 0 aliphatic carbocycles. The summed E-state index contributed by atoms with van der Waals surface area (Å²) in [6.45, 7) is 1.81. The molecule has 2 rings (SSSR count). The standard InChI is InChI=1S/C14H17BrF2N2O/c1-18(9-13(20)19-6-2-3-7-19)8-10-12(16)5-4-11(15)14(10)17/h4-5H,2-3,6-9H2,1H3. The number of likely N-dealkylation sites (tertiary alicyclic amines) is 1. The van der Waals surface area contributed by atoms with Crippen molar-refractivity contribution in [3.05, 3.63) is 33.8 Å². The summed E-state index contributed by atoms with van der Waals surface area (Å²) in [4.78, 5) is 15.4. The van der Waals surface area contributed by atoms with Gasteiger partial charge in [0.1, 0.15) is 11.6 Å². The van der Waals surface area contributed by atoms with Gasteiger partial charge in [-0.25, -0.2) is 8.78 Å². The van der Waals surface area contributed by atoms with Gasteiger partial charge in [0.05, 0.1) is 11.0 Å². The molecular formula is C14H17BrF2N2O. The molecule has 0 saturated carbocycles. The minimum atomic E-state index is -0.606. The molecule has 110 valence electrons. The summed E-state index contributed by atoms with van der Waals surface area (Å²) in [6, 6.07) is 2.56. The van der Waals surface area contributed by atoms with Gasteiger partial charge in [-0.2, -0.15) is 0 Å². The summed E-state index contributed by atoms with van der Waals surface area (Å²) in [5.41, 5.74) is -0.0175. The molecule has 3 nitrogen and oxygen atoms in total. The first-order chi connectivity index (χ1) is 9.49. The fraction of sp³-hybridized carbons (Fsp3) is 0.500. The second-order valence-electron chi connectivity index (χ2n) is 5.08. The van der Waals surface area contributed by atoms with E-state index in [9.17, 15) is 13.6 Å². The number of rotatable bonds is 4. The number of likely N-dealkylation sites (N-methyl/N-ethyl adjacent to an activating group) is 1. The average molecular weight is 347 g/mol. The summed E-state index contributed by atoms with van der Waals surface area (Å²) in [5.74, 6) is -1.18. The minimum absolute atomic E-state index is 0.0146. The zero-order valence-electron chi connectivity index (χ0n) is 11.3. The van der Waals surface area contributed by atoms with Crippen LogP contribution in [-0.2, 0) is 11.3 Å². The van der Waals surface area contributed by atoms with E-state index in [2.05, 4.69) is 15.9 Å². The molecule has 0 spiro atoms. The van der Waals surface area contributed by atoms with Gasteiger partial charge in [0.15, 0.2) is 0 Å². The Morgan fingerprint density at radius 2 is 2.00 bits per heavy atom. The highest BCUT2D eigenvalue weighted by atomic mass is 79.9. The normalized spacial score (nSPS) is 15.2. The van der Waals surface area contributed by atoms with Gasteiger partial charge in [-0.05, 0) is 48.0 Å². The molecule has 0 bridgehead atoms. The summed E-state index contributed by atoms with van der Waals surface area (Å²) in [5, 5.41) is 0. The third-order valence-electron chi connectivity index (χ3n) is 3.43. The van der Waals surface area contributed by atoms with Crippen LogP contribution in [0.15, 0.2) is 16.6 Å². The second-order valence-corrected chi connectivity index (χ2v) is 5.94. The van der Waals surface area contributed by atoms with Crippen LogP contribution in [0.1, 0.15) is 18.4 Å². The van der Waals surface area contributed by atoms with Gasteiger partial charge >= 0.3 is 0 Å². The molecule has 0 radical (unpaired) electrons. The smallest absolute Gasteiger partial charge is 0.236 e. The quantitative estimate of drug-likeness (QED) is 0.782. The lowest BCUT2D eigenvalue weighted by molar-refractivity contribution is -0.131. The van der Waals surface area contributed by atoms with Crippen LogP contribution >= 0.6 is 15.9 Å². The maximum absolute atomic E-state index is 13.9. The molecule has 1 aliphatic heterocycles. The number of hydrogen-bond acceptors (Lipinski definition) is 2. The zero-order chi connectivity index (χ0) is 14.7. The Morgan fingerprint density at radius 1 is 1.35 bits per heavy atom. The molecule has 1 aliphatic rings. The van der Waals surface area contributed by atoms with Crippen molar-refractivity contribution in [2.24, 2.45) is 0 Å².